The number of nitrogen functional groups attached to an aromatic ring is 1. The number of nitrogens with one attached hydrogen (secondary N) is 1. The number of hydrogen-bond acceptors (Lipinski definition) is 11. The minimum Gasteiger partial charge on any atom is -0.491 e. The van der Waals surface area contributed by atoms with E-state index in [0.29, 0.717) is 67.7 Å². The summed E-state index contributed by atoms with van der Waals surface area (Å²) in [5, 5.41) is 14.1. The minimum atomic E-state index is -0.260. The first-order valence-corrected chi connectivity index (χ1v) is 17.4. The molecule has 6 rings (SSSR count). The first-order valence-electron chi connectivity index (χ1n) is 16.5. The molecule has 0 bridgehead atoms. The predicted octanol–water partition coefficient (Wildman–Crippen LogP) is 4.11. The second-order valence-corrected chi connectivity index (χ2v) is 13.6. The summed E-state index contributed by atoms with van der Waals surface area (Å²) in [5.74, 6) is 1.59. The highest BCUT2D eigenvalue weighted by molar-refractivity contribution is 7.16. The number of amides is 2. The van der Waals surface area contributed by atoms with Gasteiger partial charge in [0, 0.05) is 45.0 Å². The summed E-state index contributed by atoms with van der Waals surface area (Å²) in [7, 11) is 1.84. The molecule has 1 aromatic carbocycles. The third kappa shape index (κ3) is 7.70. The molecule has 5 heterocycles. The predicted molar refractivity (Wildman–Crippen MR) is 191 cm³/mol. The van der Waals surface area contributed by atoms with Crippen molar-refractivity contribution in [3.05, 3.63) is 71.3 Å². The van der Waals surface area contributed by atoms with Gasteiger partial charge in [-0.1, -0.05) is 6.08 Å². The van der Waals surface area contributed by atoms with E-state index in [1.807, 2.05) is 57.0 Å². The maximum Gasteiger partial charge on any atom is 0.237 e. The van der Waals surface area contributed by atoms with E-state index in [1.165, 1.54) is 0 Å². The van der Waals surface area contributed by atoms with Gasteiger partial charge in [0.1, 0.15) is 28.6 Å². The number of benzene rings is 1. The Kier molecular flexibility index (Phi) is 10.2. The largest absolute Gasteiger partial charge is 0.491 e. The lowest BCUT2D eigenvalue weighted by atomic mass is 10.0. The molecule has 0 radical (unpaired) electrons. The molecule has 0 unspecified atom stereocenters. The van der Waals surface area contributed by atoms with E-state index in [0.717, 1.165) is 27.6 Å². The van der Waals surface area contributed by atoms with Gasteiger partial charge in [-0.15, -0.1) is 11.3 Å². The molecule has 2 aliphatic rings. The maximum absolute atomic E-state index is 13.8. The number of hydrogen-bond donors (Lipinski definition) is 2. The van der Waals surface area contributed by atoms with Crippen molar-refractivity contribution in [3.8, 4) is 16.5 Å². The Labute approximate surface area is 289 Å². The lowest BCUT2D eigenvalue weighted by molar-refractivity contribution is -0.132. The second kappa shape index (κ2) is 14.7. The molecule has 0 saturated carbocycles. The van der Waals surface area contributed by atoms with Crippen LogP contribution < -0.4 is 15.4 Å². The van der Waals surface area contributed by atoms with Crippen LogP contribution in [0, 0.1) is 11.3 Å². The van der Waals surface area contributed by atoms with Crippen molar-refractivity contribution in [1.29, 1.82) is 5.41 Å². The van der Waals surface area contributed by atoms with Crippen LogP contribution in [0.15, 0.2) is 55.0 Å². The number of ether oxygens (including phenoxy) is 1. The molecule has 2 amide bonds. The van der Waals surface area contributed by atoms with E-state index in [4.69, 9.17) is 20.9 Å². The summed E-state index contributed by atoms with van der Waals surface area (Å²) in [6.07, 6.45) is 6.98. The molecule has 14 heteroatoms. The van der Waals surface area contributed by atoms with Gasteiger partial charge in [-0.3, -0.25) is 29.5 Å². The van der Waals surface area contributed by atoms with Crippen LogP contribution in [0.5, 0.6) is 5.75 Å². The summed E-state index contributed by atoms with van der Waals surface area (Å²) in [4.78, 5) is 47.1. The Balaban J connectivity index is 1.04. The Morgan fingerprint density at radius 2 is 1.94 bits per heavy atom. The maximum atomic E-state index is 13.8. The van der Waals surface area contributed by atoms with Gasteiger partial charge in [0.15, 0.2) is 5.82 Å². The van der Waals surface area contributed by atoms with Crippen LogP contribution in [0.3, 0.4) is 0 Å². The molecule has 1 saturated heterocycles. The highest BCUT2D eigenvalue weighted by atomic mass is 32.1. The second-order valence-electron chi connectivity index (χ2n) is 12.6. The molecule has 13 nitrogen and oxygen atoms in total. The summed E-state index contributed by atoms with van der Waals surface area (Å²) >= 11 is 1.56. The Morgan fingerprint density at radius 1 is 1.14 bits per heavy atom. The van der Waals surface area contributed by atoms with E-state index in [-0.39, 0.29) is 36.1 Å². The summed E-state index contributed by atoms with van der Waals surface area (Å²) in [6.45, 7) is 8.83. The van der Waals surface area contributed by atoms with Crippen molar-refractivity contribution in [2.75, 3.05) is 49.9 Å². The van der Waals surface area contributed by atoms with Gasteiger partial charge in [-0.2, -0.15) is 5.10 Å². The van der Waals surface area contributed by atoms with Crippen LogP contribution in [-0.2, 0) is 16.6 Å². The molecule has 49 heavy (non-hydrogen) atoms. The van der Waals surface area contributed by atoms with Crippen molar-refractivity contribution in [2.24, 2.45) is 13.0 Å². The molecular formula is C35H42N10O3S. The summed E-state index contributed by atoms with van der Waals surface area (Å²) in [5.41, 5.74) is 8.89. The first kappa shape index (κ1) is 33.9. The quantitative estimate of drug-likeness (QED) is 0.222. The Hall–Kier alpha value is -4.95. The molecule has 4 aromatic rings. The van der Waals surface area contributed by atoms with Crippen LogP contribution >= 0.6 is 11.3 Å². The van der Waals surface area contributed by atoms with Gasteiger partial charge in [0.2, 0.25) is 11.8 Å². The van der Waals surface area contributed by atoms with Crippen LogP contribution in [0.4, 0.5) is 11.5 Å². The number of nitrogens with two attached hydrogens (primary N) is 1. The fourth-order valence-corrected chi connectivity index (χ4v) is 7.03. The van der Waals surface area contributed by atoms with Crippen LogP contribution in [0.1, 0.15) is 49.9 Å². The van der Waals surface area contributed by atoms with Gasteiger partial charge in [-0.05, 0) is 82.1 Å². The van der Waals surface area contributed by atoms with Crippen LogP contribution in [0.2, 0.25) is 0 Å². The average Bonchev–Trinajstić information content (AvgIpc) is 3.87. The monoisotopic (exact) mass is 682 g/mol. The fourth-order valence-electron chi connectivity index (χ4n) is 6.11. The lowest BCUT2D eigenvalue weighted by Gasteiger charge is -2.28. The third-order valence-electron chi connectivity index (χ3n) is 8.66. The normalized spacial score (nSPS) is 16.6. The topological polar surface area (TPSA) is 159 Å². The molecule has 1 atom stereocenters. The highest BCUT2D eigenvalue weighted by Crippen LogP contribution is 2.31. The Morgan fingerprint density at radius 3 is 2.61 bits per heavy atom. The Bertz CT molecular complexity index is 1860. The number of carbonyl (C=O) groups excluding carboxylic acids is 2. The first-order chi connectivity index (χ1) is 23.6. The van der Waals surface area contributed by atoms with Gasteiger partial charge in [-0.25, -0.2) is 15.0 Å². The zero-order chi connectivity index (χ0) is 34.7. The van der Waals surface area contributed by atoms with E-state index >= 15 is 0 Å². The van der Waals surface area contributed by atoms with E-state index < -0.39 is 0 Å². The zero-order valence-corrected chi connectivity index (χ0v) is 29.1. The van der Waals surface area contributed by atoms with E-state index in [9.17, 15) is 9.59 Å². The number of aryl methyl sites for hydroxylation is 1. The smallest absolute Gasteiger partial charge is 0.237 e. The lowest BCUT2D eigenvalue weighted by Crippen LogP contribution is -2.42. The number of likely N-dealkylation sites (tertiary alicyclic amines) is 1. The van der Waals surface area contributed by atoms with Gasteiger partial charge in [0.05, 0.1) is 34.8 Å². The molecule has 3 N–H and O–H groups in total. The molecule has 3 aromatic heterocycles. The van der Waals surface area contributed by atoms with Crippen molar-refractivity contribution in [2.45, 2.75) is 39.7 Å². The number of pyridine rings is 1. The molecule has 0 aliphatic carbocycles. The molecule has 0 spiro atoms. The zero-order valence-electron chi connectivity index (χ0n) is 28.3. The number of thiazole rings is 1. The number of carbonyl (C=O) groups is 2. The molecule has 2 aliphatic heterocycles. The molecule has 1 fully saturated rings. The number of rotatable bonds is 11. The van der Waals surface area contributed by atoms with E-state index in [1.54, 1.807) is 45.6 Å². The molecular weight excluding hydrogens is 641 g/mol. The number of anilines is 2. The third-order valence-corrected chi connectivity index (χ3v) is 9.73. The minimum absolute atomic E-state index is 0.0448. The van der Waals surface area contributed by atoms with Gasteiger partial charge >= 0.3 is 0 Å². The molecule has 256 valence electrons. The number of aromatic nitrogens is 5. The number of nitrogens with zero attached hydrogens (tertiary/aromatic N) is 8. The standard InChI is InChI=1S/C35H42N10O3S/c1-5-45(29-11-10-27(36)32(40-29)31(37)23-6-8-26(9-7-23)48-22(2)3)35(47)25-12-15-43(19-25)20-30(46)44-16-13-24(14-17-44)34-38-18-28(49-34)33-39-21-42(4)41-33/h6-11,13,18,21-22,25,37H,5,12,14-17,19-20,36H2,1-4H3/t25-/m1/s1. The fraction of sp³-hybridized carbons (Fsp3) is 0.400. The van der Waals surface area contributed by atoms with Crippen LogP contribution in [0.25, 0.3) is 16.3 Å². The summed E-state index contributed by atoms with van der Waals surface area (Å²) in [6, 6.07) is 10.7. The highest BCUT2D eigenvalue weighted by Gasteiger charge is 2.34. The van der Waals surface area contributed by atoms with Crippen molar-refractivity contribution >= 4 is 45.9 Å². The van der Waals surface area contributed by atoms with Crippen LogP contribution in [-0.4, -0.2) is 97.4 Å². The van der Waals surface area contributed by atoms with Crippen molar-refractivity contribution in [3.63, 3.8) is 0 Å². The van der Waals surface area contributed by atoms with E-state index in [2.05, 4.69) is 26.0 Å². The van der Waals surface area contributed by atoms with Crippen molar-refractivity contribution in [1.82, 2.24) is 34.5 Å². The van der Waals surface area contributed by atoms with Gasteiger partial charge in [0.25, 0.3) is 0 Å². The summed E-state index contributed by atoms with van der Waals surface area (Å²) < 4.78 is 7.39. The van der Waals surface area contributed by atoms with Crippen molar-refractivity contribution < 1.29 is 14.3 Å². The van der Waals surface area contributed by atoms with Gasteiger partial charge < -0.3 is 15.4 Å². The SMILES string of the molecule is CCN(C(=O)[C@@H]1CCN(CC(=O)N2CC=C(c3ncc(-c4ncn(C)n4)s3)CC2)C1)c1ccc(N)c(C(=N)c2ccc(OC(C)C)cc2)n1. The average molecular weight is 683 g/mol.